The molecular formula is C20H27N5O5S. The lowest BCUT2D eigenvalue weighted by atomic mass is 10.1. The molecule has 0 amide bonds. The minimum Gasteiger partial charge on any atom is -0.337 e. The summed E-state index contributed by atoms with van der Waals surface area (Å²) < 4.78 is 34.1. The van der Waals surface area contributed by atoms with Gasteiger partial charge in [-0.1, -0.05) is 19.0 Å². The Bertz CT molecular complexity index is 1320. The average molecular weight is 450 g/mol. The molecule has 0 bridgehead atoms. The topological polar surface area (TPSA) is 120 Å². The first-order chi connectivity index (χ1) is 14.6. The predicted molar refractivity (Wildman–Crippen MR) is 116 cm³/mol. The van der Waals surface area contributed by atoms with Crippen LogP contribution in [0.5, 0.6) is 0 Å². The van der Waals surface area contributed by atoms with Crippen LogP contribution in [0.2, 0.25) is 0 Å². The van der Waals surface area contributed by atoms with Crippen LogP contribution >= 0.6 is 0 Å². The molecule has 0 atom stereocenters. The number of rotatable bonds is 8. The Hall–Kier alpha value is -2.79. The monoisotopic (exact) mass is 449 g/mol. The first-order valence-electron chi connectivity index (χ1n) is 10.1. The zero-order valence-corrected chi connectivity index (χ0v) is 19.1. The van der Waals surface area contributed by atoms with Crippen LogP contribution in [0.4, 0.5) is 0 Å². The van der Waals surface area contributed by atoms with Gasteiger partial charge in [-0.2, -0.15) is 4.98 Å². The Balaban J connectivity index is 2.16. The van der Waals surface area contributed by atoms with Crippen molar-refractivity contribution in [2.24, 2.45) is 5.92 Å². The van der Waals surface area contributed by atoms with Crippen LogP contribution in [-0.2, 0) is 29.5 Å². The van der Waals surface area contributed by atoms with Crippen LogP contribution < -0.4 is 11.1 Å². The van der Waals surface area contributed by atoms with Gasteiger partial charge in [0.1, 0.15) is 6.54 Å². The minimum absolute atomic E-state index is 0.0163. The smallest absolute Gasteiger partial charge is 0.317 e. The van der Waals surface area contributed by atoms with E-state index in [0.717, 1.165) is 10.7 Å². The number of aromatic nitrogens is 4. The van der Waals surface area contributed by atoms with E-state index in [4.69, 9.17) is 4.52 Å². The van der Waals surface area contributed by atoms with Gasteiger partial charge < -0.3 is 9.09 Å². The molecular weight excluding hydrogens is 422 g/mol. The minimum atomic E-state index is -3.73. The maximum absolute atomic E-state index is 12.9. The van der Waals surface area contributed by atoms with Gasteiger partial charge in [0.2, 0.25) is 15.9 Å². The highest BCUT2D eigenvalue weighted by Crippen LogP contribution is 2.20. The van der Waals surface area contributed by atoms with E-state index in [1.807, 2.05) is 0 Å². The SMILES string of the molecule is CCn1c(=O)c(=O)n(Cc2nc(CCC(C)C)no2)c2cc(S(=O)(=O)N(C)C)ccc21. The fraction of sp³-hybridized carbons (Fsp3) is 0.500. The Morgan fingerprint density at radius 1 is 1.10 bits per heavy atom. The van der Waals surface area contributed by atoms with Crippen LogP contribution in [-0.4, -0.2) is 46.1 Å². The highest BCUT2D eigenvalue weighted by Gasteiger charge is 2.21. The summed E-state index contributed by atoms with van der Waals surface area (Å²) in [7, 11) is -0.878. The maximum Gasteiger partial charge on any atom is 0.317 e. The lowest BCUT2D eigenvalue weighted by Crippen LogP contribution is -2.41. The van der Waals surface area contributed by atoms with Crippen molar-refractivity contribution in [1.82, 2.24) is 23.6 Å². The second kappa shape index (κ2) is 8.75. The van der Waals surface area contributed by atoms with Crippen molar-refractivity contribution in [3.8, 4) is 0 Å². The standard InChI is InChI=1S/C20H27N5O5S/c1-6-24-15-9-8-14(31(28,29)23(4)5)11-16(15)25(20(27)19(24)26)12-18-21-17(22-30-18)10-7-13(2)3/h8-9,11,13H,6-7,10,12H2,1-5H3. The van der Waals surface area contributed by atoms with Gasteiger partial charge in [-0.3, -0.25) is 14.2 Å². The molecule has 0 radical (unpaired) electrons. The predicted octanol–water partition coefficient (Wildman–Crippen LogP) is 1.45. The summed E-state index contributed by atoms with van der Waals surface area (Å²) in [5.41, 5.74) is -0.728. The van der Waals surface area contributed by atoms with Gasteiger partial charge in [-0.05, 0) is 37.5 Å². The zero-order chi connectivity index (χ0) is 22.9. The summed E-state index contributed by atoms with van der Waals surface area (Å²) in [6.45, 7) is 6.07. The molecule has 0 fully saturated rings. The van der Waals surface area contributed by atoms with Crippen molar-refractivity contribution >= 4 is 21.1 Å². The molecule has 2 heterocycles. The molecule has 0 N–H and O–H groups in total. The first-order valence-corrected chi connectivity index (χ1v) is 11.5. The average Bonchev–Trinajstić information content (AvgIpc) is 3.17. The quantitative estimate of drug-likeness (QED) is 0.477. The van der Waals surface area contributed by atoms with Crippen LogP contribution in [0.25, 0.3) is 11.0 Å². The third-order valence-electron chi connectivity index (χ3n) is 5.05. The van der Waals surface area contributed by atoms with E-state index in [2.05, 4.69) is 24.0 Å². The number of benzene rings is 1. The highest BCUT2D eigenvalue weighted by atomic mass is 32.2. The Morgan fingerprint density at radius 2 is 1.77 bits per heavy atom. The molecule has 0 saturated carbocycles. The summed E-state index contributed by atoms with van der Waals surface area (Å²) in [5.74, 6) is 1.18. The summed E-state index contributed by atoms with van der Waals surface area (Å²) in [6.07, 6.45) is 1.53. The van der Waals surface area contributed by atoms with Crippen molar-refractivity contribution < 1.29 is 12.9 Å². The molecule has 168 valence electrons. The van der Waals surface area contributed by atoms with Gasteiger partial charge in [0.15, 0.2) is 5.82 Å². The van der Waals surface area contributed by atoms with Crippen LogP contribution in [0.15, 0.2) is 37.2 Å². The molecule has 2 aromatic heterocycles. The number of sulfonamides is 1. The van der Waals surface area contributed by atoms with E-state index in [1.54, 1.807) is 6.92 Å². The van der Waals surface area contributed by atoms with Crippen LogP contribution in [0.3, 0.4) is 0 Å². The first kappa shape index (κ1) is 22.9. The van der Waals surface area contributed by atoms with Crippen LogP contribution in [0, 0.1) is 5.92 Å². The maximum atomic E-state index is 12.9. The summed E-state index contributed by atoms with van der Waals surface area (Å²) in [5, 5.41) is 3.94. The zero-order valence-electron chi connectivity index (χ0n) is 18.3. The molecule has 1 aromatic carbocycles. The number of aryl methyl sites for hydroxylation is 2. The number of nitrogens with zero attached hydrogens (tertiary/aromatic N) is 5. The largest absolute Gasteiger partial charge is 0.337 e. The molecule has 10 nitrogen and oxygen atoms in total. The summed E-state index contributed by atoms with van der Waals surface area (Å²) in [4.78, 5) is 29.8. The molecule has 11 heteroatoms. The number of hydrogen-bond donors (Lipinski definition) is 0. The van der Waals surface area contributed by atoms with Gasteiger partial charge in [0.05, 0.1) is 15.9 Å². The van der Waals surface area contributed by atoms with Gasteiger partial charge in [0, 0.05) is 27.1 Å². The lowest BCUT2D eigenvalue weighted by molar-refractivity contribution is 0.364. The van der Waals surface area contributed by atoms with Crippen LogP contribution in [0.1, 0.15) is 38.9 Å². The van der Waals surface area contributed by atoms with E-state index < -0.39 is 21.1 Å². The van der Waals surface area contributed by atoms with Crippen molar-refractivity contribution in [2.75, 3.05) is 14.1 Å². The Morgan fingerprint density at radius 3 is 2.39 bits per heavy atom. The number of hydrogen-bond acceptors (Lipinski definition) is 7. The van der Waals surface area contributed by atoms with Crippen molar-refractivity contribution in [1.29, 1.82) is 0 Å². The molecule has 0 spiro atoms. The highest BCUT2D eigenvalue weighted by molar-refractivity contribution is 7.89. The van der Waals surface area contributed by atoms with E-state index in [1.165, 1.54) is 41.4 Å². The molecule has 0 saturated heterocycles. The van der Waals surface area contributed by atoms with E-state index in [-0.39, 0.29) is 23.9 Å². The second-order valence-corrected chi connectivity index (χ2v) is 10.1. The van der Waals surface area contributed by atoms with Gasteiger partial charge >= 0.3 is 11.1 Å². The van der Waals surface area contributed by atoms with E-state index in [9.17, 15) is 18.0 Å². The third-order valence-corrected chi connectivity index (χ3v) is 6.86. The fourth-order valence-corrected chi connectivity index (χ4v) is 4.17. The Labute approximate surface area is 180 Å². The van der Waals surface area contributed by atoms with E-state index >= 15 is 0 Å². The molecule has 3 rings (SSSR count). The van der Waals surface area contributed by atoms with Crippen molar-refractivity contribution in [2.45, 2.75) is 51.6 Å². The molecule has 0 aliphatic carbocycles. The fourth-order valence-electron chi connectivity index (χ4n) is 3.25. The van der Waals surface area contributed by atoms with Gasteiger partial charge in [0.25, 0.3) is 0 Å². The van der Waals surface area contributed by atoms with Gasteiger partial charge in [-0.15, -0.1) is 0 Å². The lowest BCUT2D eigenvalue weighted by Gasteiger charge is -2.16. The molecule has 0 aliphatic heterocycles. The third kappa shape index (κ3) is 4.47. The Kier molecular flexibility index (Phi) is 6.46. The molecule has 31 heavy (non-hydrogen) atoms. The molecule has 3 aromatic rings. The summed E-state index contributed by atoms with van der Waals surface area (Å²) in [6, 6.07) is 4.36. The normalized spacial score (nSPS) is 12.4. The molecule has 0 aliphatic rings. The van der Waals surface area contributed by atoms with Crippen molar-refractivity contribution in [3.63, 3.8) is 0 Å². The van der Waals surface area contributed by atoms with Gasteiger partial charge in [-0.25, -0.2) is 12.7 Å². The summed E-state index contributed by atoms with van der Waals surface area (Å²) >= 11 is 0. The van der Waals surface area contributed by atoms with Crippen molar-refractivity contribution in [3.05, 3.63) is 50.6 Å². The second-order valence-electron chi connectivity index (χ2n) is 7.92. The molecule has 0 unspecified atom stereocenters. The number of fused-ring (bicyclic) bond motifs is 1. The van der Waals surface area contributed by atoms with E-state index in [0.29, 0.717) is 29.2 Å².